The summed E-state index contributed by atoms with van der Waals surface area (Å²) in [5.74, 6) is 0.886. The van der Waals surface area contributed by atoms with Gasteiger partial charge in [0.1, 0.15) is 11.9 Å². The van der Waals surface area contributed by atoms with Crippen LogP contribution in [0.25, 0.3) is 0 Å². The number of hydrogen-bond acceptors (Lipinski definition) is 3. The minimum Gasteiger partial charge on any atom is -0.445 e. The Morgan fingerprint density at radius 2 is 1.59 bits per heavy atom. The van der Waals surface area contributed by atoms with Gasteiger partial charge < -0.3 is 14.5 Å². The molecule has 2 aromatic rings. The molecule has 2 unspecified atom stereocenters. The molecule has 2 aromatic carbocycles. The van der Waals surface area contributed by atoms with E-state index >= 15 is 0 Å². The Kier molecular flexibility index (Phi) is 6.14. The molecule has 2 bridgehead atoms. The van der Waals surface area contributed by atoms with Crippen molar-refractivity contribution in [3.63, 3.8) is 0 Å². The summed E-state index contributed by atoms with van der Waals surface area (Å²) in [6.07, 6.45) is 3.37. The second kappa shape index (κ2) is 8.95. The fraction of sp³-hybridized carbons (Fsp3) is 0.458. The number of benzene rings is 2. The number of nitrogens with zero attached hydrogens (tertiary/aromatic N) is 2. The summed E-state index contributed by atoms with van der Waals surface area (Å²) in [6, 6.07) is 16.3. The predicted molar refractivity (Wildman–Crippen MR) is 111 cm³/mol. The van der Waals surface area contributed by atoms with Crippen LogP contribution in [0.5, 0.6) is 0 Å². The molecule has 1 saturated carbocycles. The molecule has 0 N–H and O–H groups in total. The topological polar surface area (TPSA) is 32.8 Å². The predicted octanol–water partition coefficient (Wildman–Crippen LogP) is 4.35. The zero-order chi connectivity index (χ0) is 20.2. The first-order chi connectivity index (χ1) is 14.1. The van der Waals surface area contributed by atoms with E-state index in [0.717, 1.165) is 26.1 Å². The van der Waals surface area contributed by atoms with Crippen LogP contribution in [-0.4, -0.2) is 48.7 Å². The molecular formula is C24H29FN2O2. The Balaban J connectivity index is 0.000000249. The SMILES string of the molecule is CN1CC2CCC(C1)C2OC(=O)N1CCc2ccccc2C1.Fc1ccccc1. The van der Waals surface area contributed by atoms with Crippen molar-refractivity contribution in [2.24, 2.45) is 11.8 Å². The van der Waals surface area contributed by atoms with E-state index in [-0.39, 0.29) is 18.0 Å². The minimum atomic E-state index is -0.178. The molecule has 5 rings (SSSR count). The lowest BCUT2D eigenvalue weighted by Gasteiger charge is -2.37. The second-order valence-electron chi connectivity index (χ2n) is 8.40. The smallest absolute Gasteiger partial charge is 0.410 e. The van der Waals surface area contributed by atoms with E-state index in [9.17, 15) is 9.18 Å². The van der Waals surface area contributed by atoms with Crippen LogP contribution in [0.1, 0.15) is 24.0 Å². The number of carbonyl (C=O) groups excluding carboxylic acids is 1. The first-order valence-corrected chi connectivity index (χ1v) is 10.5. The van der Waals surface area contributed by atoms with Gasteiger partial charge in [0.15, 0.2) is 0 Å². The monoisotopic (exact) mass is 396 g/mol. The molecule has 5 heteroatoms. The van der Waals surface area contributed by atoms with Crippen molar-refractivity contribution in [3.05, 3.63) is 71.5 Å². The Morgan fingerprint density at radius 1 is 0.966 bits per heavy atom. The zero-order valence-electron chi connectivity index (χ0n) is 17.0. The van der Waals surface area contributed by atoms with Gasteiger partial charge in [-0.05, 0) is 49.6 Å². The molecule has 1 amide bonds. The van der Waals surface area contributed by atoms with E-state index in [1.165, 1.54) is 36.1 Å². The summed E-state index contributed by atoms with van der Waals surface area (Å²) in [5, 5.41) is 0. The Morgan fingerprint density at radius 3 is 2.21 bits per heavy atom. The summed E-state index contributed by atoms with van der Waals surface area (Å²) in [5.41, 5.74) is 2.63. The standard InChI is InChI=1S/C18H24N2O2.C6H5F/c1-19-10-15-6-7-16(11-19)17(15)22-18(21)20-9-8-13-4-2-3-5-14(13)12-20;7-6-4-2-1-3-5-6/h2-5,15-17H,6-12H2,1H3;1-5H. The van der Waals surface area contributed by atoms with Crippen LogP contribution in [0.4, 0.5) is 9.18 Å². The lowest BCUT2D eigenvalue weighted by atomic mass is 9.95. The van der Waals surface area contributed by atoms with Crippen molar-refractivity contribution in [1.82, 2.24) is 9.80 Å². The number of fused-ring (bicyclic) bond motifs is 3. The summed E-state index contributed by atoms with van der Waals surface area (Å²) in [6.45, 7) is 3.60. The number of ether oxygens (including phenoxy) is 1. The van der Waals surface area contributed by atoms with Gasteiger partial charge in [-0.2, -0.15) is 0 Å². The average molecular weight is 397 g/mol. The van der Waals surface area contributed by atoms with Gasteiger partial charge in [0.05, 0.1) is 0 Å². The van der Waals surface area contributed by atoms with Crippen molar-refractivity contribution in [1.29, 1.82) is 0 Å². The van der Waals surface area contributed by atoms with Gasteiger partial charge in [-0.3, -0.25) is 0 Å². The molecular weight excluding hydrogens is 367 g/mol. The van der Waals surface area contributed by atoms with Crippen molar-refractivity contribution >= 4 is 6.09 Å². The molecule has 1 aliphatic carbocycles. The third-order valence-electron chi connectivity index (χ3n) is 6.29. The Hall–Kier alpha value is -2.40. The summed E-state index contributed by atoms with van der Waals surface area (Å²) in [4.78, 5) is 16.8. The molecule has 2 fully saturated rings. The van der Waals surface area contributed by atoms with E-state index in [0.29, 0.717) is 18.4 Å². The molecule has 29 heavy (non-hydrogen) atoms. The molecule has 0 radical (unpaired) electrons. The van der Waals surface area contributed by atoms with Crippen LogP contribution in [0.15, 0.2) is 54.6 Å². The maximum Gasteiger partial charge on any atom is 0.410 e. The molecule has 3 aliphatic rings. The molecule has 0 aromatic heterocycles. The lowest BCUT2D eigenvalue weighted by molar-refractivity contribution is -0.0112. The van der Waals surface area contributed by atoms with Crippen LogP contribution in [0.2, 0.25) is 0 Å². The Labute approximate surface area is 172 Å². The van der Waals surface area contributed by atoms with Crippen LogP contribution >= 0.6 is 0 Å². The highest BCUT2D eigenvalue weighted by molar-refractivity contribution is 5.68. The van der Waals surface area contributed by atoms with E-state index in [2.05, 4.69) is 30.1 Å². The van der Waals surface area contributed by atoms with Crippen LogP contribution in [0, 0.1) is 17.7 Å². The van der Waals surface area contributed by atoms with Crippen LogP contribution < -0.4 is 0 Å². The summed E-state index contributed by atoms with van der Waals surface area (Å²) in [7, 11) is 2.17. The van der Waals surface area contributed by atoms with E-state index in [4.69, 9.17) is 4.74 Å². The number of carbonyl (C=O) groups is 1. The molecule has 2 aliphatic heterocycles. The lowest BCUT2D eigenvalue weighted by Crippen LogP contribution is -2.47. The Bertz CT molecular complexity index is 815. The van der Waals surface area contributed by atoms with Crippen LogP contribution in [-0.2, 0) is 17.7 Å². The maximum atomic E-state index is 12.6. The first kappa shape index (κ1) is 19.9. The minimum absolute atomic E-state index is 0.110. The van der Waals surface area contributed by atoms with Crippen LogP contribution in [0.3, 0.4) is 0 Å². The first-order valence-electron chi connectivity index (χ1n) is 10.5. The quantitative estimate of drug-likeness (QED) is 0.719. The van der Waals surface area contributed by atoms with Crippen molar-refractivity contribution in [3.8, 4) is 0 Å². The molecule has 0 spiro atoms. The number of hydrogen-bond donors (Lipinski definition) is 0. The number of rotatable bonds is 1. The molecule has 1 saturated heterocycles. The van der Waals surface area contributed by atoms with Gasteiger partial charge >= 0.3 is 6.09 Å². The van der Waals surface area contributed by atoms with Gasteiger partial charge in [-0.25, -0.2) is 9.18 Å². The number of likely N-dealkylation sites (tertiary alicyclic amines) is 1. The molecule has 2 atom stereocenters. The fourth-order valence-corrected chi connectivity index (χ4v) is 4.86. The van der Waals surface area contributed by atoms with Crippen molar-refractivity contribution < 1.29 is 13.9 Å². The second-order valence-corrected chi connectivity index (χ2v) is 8.40. The number of piperidine rings is 1. The van der Waals surface area contributed by atoms with E-state index in [1.807, 2.05) is 11.0 Å². The van der Waals surface area contributed by atoms with Gasteiger partial charge in [0.25, 0.3) is 0 Å². The van der Waals surface area contributed by atoms with E-state index in [1.54, 1.807) is 18.2 Å². The number of halogens is 1. The fourth-order valence-electron chi connectivity index (χ4n) is 4.86. The average Bonchev–Trinajstić information content (AvgIpc) is 2.97. The van der Waals surface area contributed by atoms with Gasteiger partial charge in [-0.15, -0.1) is 0 Å². The zero-order valence-corrected chi connectivity index (χ0v) is 17.0. The largest absolute Gasteiger partial charge is 0.445 e. The summed E-state index contributed by atoms with van der Waals surface area (Å²) < 4.78 is 17.8. The maximum absolute atomic E-state index is 12.6. The molecule has 4 nitrogen and oxygen atoms in total. The normalized spacial score (nSPS) is 25.6. The molecule has 2 heterocycles. The summed E-state index contributed by atoms with van der Waals surface area (Å²) >= 11 is 0. The highest BCUT2D eigenvalue weighted by atomic mass is 19.1. The van der Waals surface area contributed by atoms with Gasteiger partial charge in [-0.1, -0.05) is 42.5 Å². The highest BCUT2D eigenvalue weighted by Crippen LogP contribution is 2.38. The number of amides is 1. The third-order valence-corrected chi connectivity index (χ3v) is 6.29. The molecule has 154 valence electrons. The van der Waals surface area contributed by atoms with Gasteiger partial charge in [0, 0.05) is 38.0 Å². The van der Waals surface area contributed by atoms with Crippen molar-refractivity contribution in [2.75, 3.05) is 26.7 Å². The van der Waals surface area contributed by atoms with E-state index < -0.39 is 0 Å². The third kappa shape index (κ3) is 4.78. The van der Waals surface area contributed by atoms with Crippen molar-refractivity contribution in [2.45, 2.75) is 31.9 Å². The van der Waals surface area contributed by atoms with Gasteiger partial charge in [0.2, 0.25) is 0 Å². The highest BCUT2D eigenvalue weighted by Gasteiger charge is 2.44.